The van der Waals surface area contributed by atoms with Crippen LogP contribution in [0.2, 0.25) is 10.0 Å². The molecule has 0 amide bonds. The number of H-pyrrole nitrogens is 1. The summed E-state index contributed by atoms with van der Waals surface area (Å²) in [7, 11) is 1.98. The van der Waals surface area contributed by atoms with Crippen molar-refractivity contribution in [3.05, 3.63) is 38.6 Å². The fourth-order valence-electron chi connectivity index (χ4n) is 3.52. The van der Waals surface area contributed by atoms with E-state index >= 15 is 0 Å². The van der Waals surface area contributed by atoms with E-state index in [2.05, 4.69) is 20.2 Å². The summed E-state index contributed by atoms with van der Waals surface area (Å²) in [4.78, 5) is 22.8. The fourth-order valence-corrected chi connectivity index (χ4v) is 4.85. The third-order valence-electron chi connectivity index (χ3n) is 4.85. The Hall–Kier alpha value is -1.41. The molecule has 0 bridgehead atoms. The maximum absolute atomic E-state index is 12.5. The SMILES string of the molecule is CNC1C2CN(c3nc(N)c(Sc4cccc(Cl)c4Cl)c(=O)[nH]3)CC21. The predicted molar refractivity (Wildman–Crippen MR) is 102 cm³/mol. The van der Waals surface area contributed by atoms with Crippen molar-refractivity contribution in [3.63, 3.8) is 0 Å². The van der Waals surface area contributed by atoms with Crippen LogP contribution in [0.1, 0.15) is 0 Å². The van der Waals surface area contributed by atoms with Crippen LogP contribution in [0.4, 0.5) is 11.8 Å². The first-order valence-electron chi connectivity index (χ1n) is 7.93. The Balaban J connectivity index is 1.57. The van der Waals surface area contributed by atoms with E-state index in [0.29, 0.717) is 43.7 Å². The van der Waals surface area contributed by atoms with Crippen LogP contribution in [0.15, 0.2) is 32.8 Å². The Bertz CT molecular complexity index is 877. The van der Waals surface area contributed by atoms with Crippen molar-refractivity contribution in [1.82, 2.24) is 15.3 Å². The lowest BCUT2D eigenvalue weighted by molar-refractivity contribution is 0.644. The van der Waals surface area contributed by atoms with Crippen LogP contribution >= 0.6 is 35.0 Å². The molecule has 1 aliphatic heterocycles. The maximum Gasteiger partial charge on any atom is 0.268 e. The summed E-state index contributed by atoms with van der Waals surface area (Å²) < 4.78 is 0. The van der Waals surface area contributed by atoms with Crippen LogP contribution < -0.4 is 21.5 Å². The smallest absolute Gasteiger partial charge is 0.268 e. The number of nitrogens with zero attached hydrogens (tertiary/aromatic N) is 2. The van der Waals surface area contributed by atoms with Gasteiger partial charge in [0.15, 0.2) is 0 Å². The van der Waals surface area contributed by atoms with Crippen molar-refractivity contribution < 1.29 is 0 Å². The van der Waals surface area contributed by atoms with E-state index in [-0.39, 0.29) is 11.4 Å². The molecule has 0 radical (unpaired) electrons. The van der Waals surface area contributed by atoms with E-state index in [4.69, 9.17) is 28.9 Å². The quantitative estimate of drug-likeness (QED) is 0.734. The molecule has 6 nitrogen and oxygen atoms in total. The number of halogens is 2. The Morgan fingerprint density at radius 1 is 1.36 bits per heavy atom. The number of nitrogen functional groups attached to an aromatic ring is 1. The zero-order chi connectivity index (χ0) is 17.7. The standard InChI is InChI=1S/C16H17Cl2N5OS/c1-20-12-7-5-23(6-8(7)12)16-21-14(19)13(15(24)22-16)25-10-4-2-3-9(17)11(10)18/h2-4,7-8,12,20H,5-6H2,1H3,(H3,19,21,22,24). The summed E-state index contributed by atoms with van der Waals surface area (Å²) in [6.07, 6.45) is 0. The molecule has 2 unspecified atom stereocenters. The molecule has 2 fully saturated rings. The number of piperidine rings is 1. The van der Waals surface area contributed by atoms with Gasteiger partial charge in [-0.15, -0.1) is 0 Å². The van der Waals surface area contributed by atoms with Gasteiger partial charge in [0.05, 0.1) is 10.0 Å². The molecule has 1 aromatic carbocycles. The molecule has 2 atom stereocenters. The Labute approximate surface area is 159 Å². The molecule has 2 aliphatic rings. The van der Waals surface area contributed by atoms with Gasteiger partial charge >= 0.3 is 0 Å². The second-order valence-corrected chi connectivity index (χ2v) is 8.14. The third-order valence-corrected chi connectivity index (χ3v) is 6.94. The van der Waals surface area contributed by atoms with Gasteiger partial charge in [0, 0.05) is 24.0 Å². The summed E-state index contributed by atoms with van der Waals surface area (Å²) in [6, 6.07) is 5.84. The van der Waals surface area contributed by atoms with Crippen molar-refractivity contribution in [2.45, 2.75) is 15.8 Å². The minimum Gasteiger partial charge on any atom is -0.382 e. The molecule has 0 spiro atoms. The Kier molecular flexibility index (Phi) is 4.35. The Morgan fingerprint density at radius 2 is 2.08 bits per heavy atom. The topological polar surface area (TPSA) is 87.0 Å². The summed E-state index contributed by atoms with van der Waals surface area (Å²) >= 11 is 13.4. The molecule has 4 N–H and O–H groups in total. The monoisotopic (exact) mass is 397 g/mol. The average molecular weight is 398 g/mol. The van der Waals surface area contributed by atoms with E-state index in [1.807, 2.05) is 7.05 Å². The van der Waals surface area contributed by atoms with Crippen molar-refractivity contribution >= 4 is 46.7 Å². The van der Waals surface area contributed by atoms with Gasteiger partial charge < -0.3 is 16.0 Å². The zero-order valence-corrected chi connectivity index (χ0v) is 15.8. The lowest BCUT2D eigenvalue weighted by Gasteiger charge is -2.20. The van der Waals surface area contributed by atoms with Crippen LogP contribution in [0, 0.1) is 11.8 Å². The minimum atomic E-state index is -0.269. The highest BCUT2D eigenvalue weighted by atomic mass is 35.5. The van der Waals surface area contributed by atoms with Gasteiger partial charge in [-0.3, -0.25) is 9.78 Å². The lowest BCUT2D eigenvalue weighted by Crippen LogP contribution is -2.32. The van der Waals surface area contributed by atoms with E-state index in [1.165, 1.54) is 11.8 Å². The van der Waals surface area contributed by atoms with Crippen molar-refractivity contribution in [2.24, 2.45) is 11.8 Å². The number of nitrogens with two attached hydrogens (primary N) is 1. The lowest BCUT2D eigenvalue weighted by atomic mass is 10.4. The van der Waals surface area contributed by atoms with Crippen LogP contribution in [-0.2, 0) is 0 Å². The summed E-state index contributed by atoms with van der Waals surface area (Å²) in [5, 5.41) is 4.14. The van der Waals surface area contributed by atoms with E-state index in [1.54, 1.807) is 18.2 Å². The van der Waals surface area contributed by atoms with E-state index in [0.717, 1.165) is 13.1 Å². The number of anilines is 2. The van der Waals surface area contributed by atoms with Gasteiger partial charge in [0.25, 0.3) is 5.56 Å². The van der Waals surface area contributed by atoms with Crippen molar-refractivity contribution in [1.29, 1.82) is 0 Å². The Morgan fingerprint density at radius 3 is 2.72 bits per heavy atom. The number of hydrogen-bond donors (Lipinski definition) is 3. The molecule has 1 aliphatic carbocycles. The molecule has 9 heteroatoms. The number of benzene rings is 1. The maximum atomic E-state index is 12.5. The van der Waals surface area contributed by atoms with Crippen LogP contribution in [-0.4, -0.2) is 36.1 Å². The number of aromatic amines is 1. The number of fused-ring (bicyclic) bond motifs is 1. The summed E-state index contributed by atoms with van der Waals surface area (Å²) in [5.41, 5.74) is 5.79. The first kappa shape index (κ1) is 17.0. The van der Waals surface area contributed by atoms with E-state index < -0.39 is 0 Å². The van der Waals surface area contributed by atoms with Gasteiger partial charge in [-0.2, -0.15) is 4.98 Å². The highest BCUT2D eigenvalue weighted by Gasteiger charge is 2.55. The molecule has 1 saturated carbocycles. The molecular formula is C16H17Cl2N5OS. The van der Waals surface area contributed by atoms with Gasteiger partial charge in [-0.25, -0.2) is 0 Å². The number of aromatic nitrogens is 2. The summed E-state index contributed by atoms with van der Waals surface area (Å²) in [5.74, 6) is 1.98. The highest BCUT2D eigenvalue weighted by molar-refractivity contribution is 7.99. The molecule has 132 valence electrons. The molecule has 1 saturated heterocycles. The highest BCUT2D eigenvalue weighted by Crippen LogP contribution is 2.46. The molecule has 4 rings (SSSR count). The largest absolute Gasteiger partial charge is 0.382 e. The second-order valence-electron chi connectivity index (χ2n) is 6.31. The number of nitrogens with one attached hydrogen (secondary N) is 2. The van der Waals surface area contributed by atoms with Crippen LogP contribution in [0.5, 0.6) is 0 Å². The second kappa shape index (κ2) is 6.39. The molecule has 2 aromatic rings. The first-order valence-corrected chi connectivity index (χ1v) is 9.50. The minimum absolute atomic E-state index is 0.200. The number of hydrogen-bond acceptors (Lipinski definition) is 6. The molecule has 25 heavy (non-hydrogen) atoms. The van der Waals surface area contributed by atoms with Gasteiger partial charge in [-0.1, -0.05) is 41.0 Å². The van der Waals surface area contributed by atoms with Crippen LogP contribution in [0.25, 0.3) is 0 Å². The van der Waals surface area contributed by atoms with Gasteiger partial charge in [0.1, 0.15) is 10.7 Å². The first-order chi connectivity index (χ1) is 12.0. The third kappa shape index (κ3) is 2.99. The summed E-state index contributed by atoms with van der Waals surface area (Å²) in [6.45, 7) is 1.76. The number of rotatable bonds is 4. The van der Waals surface area contributed by atoms with Crippen LogP contribution in [0.3, 0.4) is 0 Å². The molecule has 2 heterocycles. The van der Waals surface area contributed by atoms with Gasteiger partial charge in [-0.05, 0) is 31.0 Å². The van der Waals surface area contributed by atoms with Crippen molar-refractivity contribution in [3.8, 4) is 0 Å². The predicted octanol–water partition coefficient (Wildman–Crippen LogP) is 2.46. The fraction of sp³-hybridized carbons (Fsp3) is 0.375. The average Bonchev–Trinajstić information content (AvgIpc) is 3.05. The van der Waals surface area contributed by atoms with Gasteiger partial charge in [0.2, 0.25) is 5.95 Å². The van der Waals surface area contributed by atoms with E-state index in [9.17, 15) is 4.79 Å². The molecule has 1 aromatic heterocycles. The zero-order valence-electron chi connectivity index (χ0n) is 13.4. The molecular weight excluding hydrogens is 381 g/mol. The normalized spacial score (nSPS) is 24.4. The van der Waals surface area contributed by atoms with Crippen molar-refractivity contribution in [2.75, 3.05) is 30.8 Å².